The van der Waals surface area contributed by atoms with Gasteiger partial charge in [-0.3, -0.25) is 9.69 Å². The molecule has 1 aliphatic rings. The van der Waals surface area contributed by atoms with Gasteiger partial charge in [0.15, 0.2) is 0 Å². The largest absolute Gasteiger partial charge is 0.464 e. The topological polar surface area (TPSA) is 46.6 Å². The third kappa shape index (κ3) is 2.76. The van der Waals surface area contributed by atoms with Crippen molar-refractivity contribution in [2.45, 2.75) is 30.7 Å². The van der Waals surface area contributed by atoms with Gasteiger partial charge in [-0.05, 0) is 31.7 Å². The average molecular weight is 279 g/mol. The molecule has 2 rings (SSSR count). The molecule has 0 radical (unpaired) electrons. The van der Waals surface area contributed by atoms with Crippen LogP contribution in [0.4, 0.5) is 5.69 Å². The Morgan fingerprint density at radius 1 is 1.47 bits per heavy atom. The summed E-state index contributed by atoms with van der Waals surface area (Å²) in [6.45, 7) is 2.11. The predicted molar refractivity (Wildman–Crippen MR) is 75.4 cm³/mol. The van der Waals surface area contributed by atoms with Gasteiger partial charge in [0, 0.05) is 11.3 Å². The second-order valence-corrected chi connectivity index (χ2v) is 5.09. The summed E-state index contributed by atoms with van der Waals surface area (Å²) in [4.78, 5) is 26.6. The fourth-order valence-electron chi connectivity index (χ4n) is 2.28. The molecule has 1 unspecified atom stereocenters. The van der Waals surface area contributed by atoms with E-state index in [1.807, 2.05) is 30.5 Å². The summed E-state index contributed by atoms with van der Waals surface area (Å²) in [5, 5.41) is 0. The van der Waals surface area contributed by atoms with Crippen LogP contribution in [0.3, 0.4) is 0 Å². The smallest absolute Gasteiger partial charge is 0.329 e. The lowest BCUT2D eigenvalue weighted by molar-refractivity contribution is -0.144. The van der Waals surface area contributed by atoms with Crippen LogP contribution >= 0.6 is 11.8 Å². The van der Waals surface area contributed by atoms with Gasteiger partial charge in [-0.25, -0.2) is 4.79 Å². The van der Waals surface area contributed by atoms with Gasteiger partial charge in [0.2, 0.25) is 5.91 Å². The summed E-state index contributed by atoms with van der Waals surface area (Å²) in [7, 11) is 0. The Hall–Kier alpha value is -1.49. The highest BCUT2D eigenvalue weighted by molar-refractivity contribution is 7.98. The van der Waals surface area contributed by atoms with Gasteiger partial charge in [0.05, 0.1) is 12.3 Å². The van der Waals surface area contributed by atoms with Crippen LogP contribution in [0.15, 0.2) is 29.2 Å². The van der Waals surface area contributed by atoms with Crippen LogP contribution in [-0.4, -0.2) is 30.8 Å². The molecule has 102 valence electrons. The fourth-order valence-corrected chi connectivity index (χ4v) is 2.87. The van der Waals surface area contributed by atoms with Crippen LogP contribution in [0.5, 0.6) is 0 Å². The Morgan fingerprint density at radius 3 is 2.89 bits per heavy atom. The van der Waals surface area contributed by atoms with E-state index in [0.717, 1.165) is 10.6 Å². The molecular formula is C14H17NO3S. The minimum atomic E-state index is -0.485. The summed E-state index contributed by atoms with van der Waals surface area (Å²) >= 11 is 1.57. The molecule has 1 saturated heterocycles. The van der Waals surface area contributed by atoms with E-state index in [0.29, 0.717) is 19.4 Å². The SMILES string of the molecule is CCOC(=O)C1CCC(=O)N1c1ccccc1SC. The fraction of sp³-hybridized carbons (Fsp3) is 0.429. The number of hydrogen-bond donors (Lipinski definition) is 0. The summed E-state index contributed by atoms with van der Waals surface area (Å²) < 4.78 is 5.06. The van der Waals surface area contributed by atoms with E-state index in [4.69, 9.17) is 4.74 Å². The number of amides is 1. The lowest BCUT2D eigenvalue weighted by Gasteiger charge is -2.25. The Morgan fingerprint density at radius 2 is 2.21 bits per heavy atom. The van der Waals surface area contributed by atoms with Crippen LogP contribution in [0.1, 0.15) is 19.8 Å². The van der Waals surface area contributed by atoms with Gasteiger partial charge in [-0.1, -0.05) is 12.1 Å². The third-order valence-electron chi connectivity index (χ3n) is 3.12. The molecule has 19 heavy (non-hydrogen) atoms. The van der Waals surface area contributed by atoms with Gasteiger partial charge >= 0.3 is 5.97 Å². The van der Waals surface area contributed by atoms with Gasteiger partial charge in [-0.2, -0.15) is 0 Å². The number of esters is 1. The van der Waals surface area contributed by atoms with Crippen molar-refractivity contribution in [1.29, 1.82) is 0 Å². The molecule has 0 N–H and O–H groups in total. The number of hydrogen-bond acceptors (Lipinski definition) is 4. The van der Waals surface area contributed by atoms with Crippen LogP contribution in [0, 0.1) is 0 Å². The first-order valence-corrected chi connectivity index (χ1v) is 7.53. The minimum Gasteiger partial charge on any atom is -0.464 e. The second kappa shape index (κ2) is 6.10. The number of carbonyl (C=O) groups is 2. The lowest BCUT2D eigenvalue weighted by atomic mass is 10.2. The molecule has 1 aliphatic heterocycles. The maximum atomic E-state index is 12.1. The quantitative estimate of drug-likeness (QED) is 0.627. The van der Waals surface area contributed by atoms with Crippen LogP contribution < -0.4 is 4.90 Å². The van der Waals surface area contributed by atoms with Gasteiger partial charge in [-0.15, -0.1) is 11.8 Å². The van der Waals surface area contributed by atoms with E-state index < -0.39 is 6.04 Å². The molecule has 0 aromatic heterocycles. The molecule has 1 fully saturated rings. The first-order chi connectivity index (χ1) is 9.19. The van der Waals surface area contributed by atoms with Crippen LogP contribution in [0.25, 0.3) is 0 Å². The van der Waals surface area contributed by atoms with Gasteiger partial charge in [0.1, 0.15) is 6.04 Å². The number of para-hydroxylation sites is 1. The number of benzene rings is 1. The lowest BCUT2D eigenvalue weighted by Crippen LogP contribution is -2.40. The summed E-state index contributed by atoms with van der Waals surface area (Å²) in [5.74, 6) is -0.330. The van der Waals surface area contributed by atoms with Crippen molar-refractivity contribution in [3.8, 4) is 0 Å². The average Bonchev–Trinajstić information content (AvgIpc) is 2.81. The van der Waals surface area contributed by atoms with Gasteiger partial charge < -0.3 is 4.74 Å². The number of anilines is 1. The Kier molecular flexibility index (Phi) is 4.47. The van der Waals surface area contributed by atoms with Crippen molar-refractivity contribution < 1.29 is 14.3 Å². The van der Waals surface area contributed by atoms with Gasteiger partial charge in [0.25, 0.3) is 0 Å². The molecule has 1 atom stereocenters. The molecule has 0 spiro atoms. The molecule has 1 heterocycles. The number of nitrogens with zero attached hydrogens (tertiary/aromatic N) is 1. The van der Waals surface area contributed by atoms with E-state index in [9.17, 15) is 9.59 Å². The van der Waals surface area contributed by atoms with Crippen molar-refractivity contribution in [2.75, 3.05) is 17.8 Å². The van der Waals surface area contributed by atoms with Crippen LogP contribution in [-0.2, 0) is 14.3 Å². The molecule has 0 aliphatic carbocycles. The highest BCUT2D eigenvalue weighted by Crippen LogP contribution is 2.34. The molecule has 1 aromatic rings. The van der Waals surface area contributed by atoms with Crippen molar-refractivity contribution in [3.05, 3.63) is 24.3 Å². The summed E-state index contributed by atoms with van der Waals surface area (Å²) in [6.07, 6.45) is 2.88. The third-order valence-corrected chi connectivity index (χ3v) is 3.90. The van der Waals surface area contributed by atoms with Crippen molar-refractivity contribution in [3.63, 3.8) is 0 Å². The zero-order valence-corrected chi connectivity index (χ0v) is 11.9. The number of ether oxygens (including phenoxy) is 1. The minimum absolute atomic E-state index is 0.0143. The van der Waals surface area contributed by atoms with Crippen molar-refractivity contribution in [2.24, 2.45) is 0 Å². The van der Waals surface area contributed by atoms with E-state index in [-0.39, 0.29) is 11.9 Å². The molecule has 0 saturated carbocycles. The highest BCUT2D eigenvalue weighted by Gasteiger charge is 2.38. The molecule has 0 bridgehead atoms. The molecule has 5 heteroatoms. The Balaban J connectivity index is 2.34. The van der Waals surface area contributed by atoms with E-state index in [2.05, 4.69) is 0 Å². The number of rotatable bonds is 4. The number of thioether (sulfide) groups is 1. The molecule has 4 nitrogen and oxygen atoms in total. The van der Waals surface area contributed by atoms with Crippen molar-refractivity contribution in [1.82, 2.24) is 0 Å². The zero-order chi connectivity index (χ0) is 13.8. The summed E-state index contributed by atoms with van der Waals surface area (Å²) in [6, 6.07) is 7.15. The number of carbonyl (C=O) groups excluding carboxylic acids is 2. The van der Waals surface area contributed by atoms with E-state index >= 15 is 0 Å². The zero-order valence-electron chi connectivity index (χ0n) is 11.1. The molecular weight excluding hydrogens is 262 g/mol. The maximum Gasteiger partial charge on any atom is 0.329 e. The van der Waals surface area contributed by atoms with Crippen molar-refractivity contribution >= 4 is 29.3 Å². The molecule has 1 aromatic carbocycles. The maximum absolute atomic E-state index is 12.1. The Bertz CT molecular complexity index is 489. The van der Waals surface area contributed by atoms with Crippen LogP contribution in [0.2, 0.25) is 0 Å². The normalized spacial score (nSPS) is 18.7. The Labute approximate surface area is 117 Å². The monoisotopic (exact) mass is 279 g/mol. The van der Waals surface area contributed by atoms with E-state index in [1.54, 1.807) is 23.6 Å². The standard InChI is InChI=1S/C14H17NO3S/c1-3-18-14(17)11-8-9-13(16)15(11)10-6-4-5-7-12(10)19-2/h4-7,11H,3,8-9H2,1-2H3. The van der Waals surface area contributed by atoms with E-state index in [1.165, 1.54) is 0 Å². The first-order valence-electron chi connectivity index (χ1n) is 6.30. The predicted octanol–water partition coefficient (Wildman–Crippen LogP) is 2.47. The summed E-state index contributed by atoms with van der Waals surface area (Å²) in [5.41, 5.74) is 0.801. The highest BCUT2D eigenvalue weighted by atomic mass is 32.2. The molecule has 1 amide bonds. The first kappa shape index (κ1) is 13.9. The second-order valence-electron chi connectivity index (χ2n) is 4.24.